The van der Waals surface area contributed by atoms with Gasteiger partial charge in [0.05, 0.1) is 0 Å². The van der Waals surface area contributed by atoms with Crippen LogP contribution in [0.5, 0.6) is 5.75 Å². The topological polar surface area (TPSA) is 29.5 Å². The van der Waals surface area contributed by atoms with Crippen LogP contribution in [0.15, 0.2) is 30.3 Å². The lowest BCUT2D eigenvalue weighted by atomic mass is 10.1. The van der Waals surface area contributed by atoms with E-state index >= 15 is 0 Å². The van der Waals surface area contributed by atoms with Gasteiger partial charge in [0, 0.05) is 13.1 Å². The molecule has 0 heterocycles. The third-order valence-corrected chi connectivity index (χ3v) is 2.38. The molecule has 0 aliphatic rings. The largest absolute Gasteiger partial charge is 0.415 e. The highest BCUT2D eigenvalue weighted by atomic mass is 16.6. The van der Waals surface area contributed by atoms with Crippen molar-refractivity contribution in [2.75, 3.05) is 13.1 Å². The monoisotopic (exact) mass is 249 g/mol. The quantitative estimate of drug-likeness (QED) is 0.794. The number of nitrogens with zero attached hydrogens (tertiary/aromatic N) is 1. The second-order valence-corrected chi connectivity index (χ2v) is 5.37. The Morgan fingerprint density at radius 1 is 1.06 bits per heavy atom. The summed E-state index contributed by atoms with van der Waals surface area (Å²) in [6.45, 7) is 9.85. The van der Waals surface area contributed by atoms with Crippen molar-refractivity contribution >= 4 is 6.09 Å². The molecule has 1 rings (SSSR count). The predicted molar refractivity (Wildman–Crippen MR) is 73.7 cm³/mol. The zero-order valence-corrected chi connectivity index (χ0v) is 11.7. The van der Waals surface area contributed by atoms with Gasteiger partial charge in [0.25, 0.3) is 0 Å². The Hall–Kier alpha value is -1.51. The number of carbonyl (C=O) groups excluding carboxylic acids is 1. The molecular formula is C15H23NO2. The van der Waals surface area contributed by atoms with Crippen LogP contribution in [-0.2, 0) is 0 Å². The Bertz CT molecular complexity index is 350. The summed E-state index contributed by atoms with van der Waals surface area (Å²) in [5.41, 5.74) is 0. The summed E-state index contributed by atoms with van der Waals surface area (Å²) in [6.07, 6.45) is -0.261. The minimum atomic E-state index is -0.261. The molecule has 0 aromatic heterocycles. The Morgan fingerprint density at radius 2 is 1.56 bits per heavy atom. The molecule has 100 valence electrons. The molecule has 0 unspecified atom stereocenters. The number of rotatable bonds is 5. The summed E-state index contributed by atoms with van der Waals surface area (Å²) in [6, 6.07) is 9.20. The van der Waals surface area contributed by atoms with Crippen molar-refractivity contribution in [3.05, 3.63) is 30.3 Å². The van der Waals surface area contributed by atoms with Gasteiger partial charge in [0.1, 0.15) is 5.75 Å². The summed E-state index contributed by atoms with van der Waals surface area (Å²) in [5.74, 6) is 1.47. The minimum Gasteiger partial charge on any atom is -0.410 e. The maximum absolute atomic E-state index is 12.1. The van der Waals surface area contributed by atoms with Gasteiger partial charge in [0.15, 0.2) is 0 Å². The molecule has 0 saturated carbocycles. The Balaban J connectivity index is 2.64. The highest BCUT2D eigenvalue weighted by molar-refractivity contribution is 5.70. The van der Waals surface area contributed by atoms with Gasteiger partial charge in [-0.3, -0.25) is 0 Å². The molecule has 1 aromatic rings. The summed E-state index contributed by atoms with van der Waals surface area (Å²) >= 11 is 0. The van der Waals surface area contributed by atoms with Crippen LogP contribution >= 0.6 is 0 Å². The third kappa shape index (κ3) is 5.21. The van der Waals surface area contributed by atoms with Crippen molar-refractivity contribution < 1.29 is 9.53 Å². The van der Waals surface area contributed by atoms with Gasteiger partial charge < -0.3 is 9.64 Å². The van der Waals surface area contributed by atoms with Gasteiger partial charge in [-0.2, -0.15) is 0 Å². The first kappa shape index (κ1) is 14.6. The number of benzene rings is 1. The van der Waals surface area contributed by atoms with Crippen LogP contribution in [0.25, 0.3) is 0 Å². The second kappa shape index (κ2) is 7.04. The molecule has 0 saturated heterocycles. The van der Waals surface area contributed by atoms with E-state index < -0.39 is 0 Å². The molecule has 0 aliphatic carbocycles. The first-order valence-electron chi connectivity index (χ1n) is 6.51. The molecule has 0 N–H and O–H groups in total. The summed E-state index contributed by atoms with van der Waals surface area (Å²) in [5, 5.41) is 0. The van der Waals surface area contributed by atoms with E-state index in [-0.39, 0.29) is 6.09 Å². The Labute approximate surface area is 110 Å². The van der Waals surface area contributed by atoms with Crippen LogP contribution < -0.4 is 4.74 Å². The van der Waals surface area contributed by atoms with E-state index in [1.807, 2.05) is 18.2 Å². The fourth-order valence-corrected chi connectivity index (χ4v) is 1.76. The Morgan fingerprint density at radius 3 is 2.00 bits per heavy atom. The van der Waals surface area contributed by atoms with Crippen LogP contribution in [0.1, 0.15) is 27.7 Å². The predicted octanol–water partition coefficient (Wildman–Crippen LogP) is 3.80. The van der Waals surface area contributed by atoms with Crippen LogP contribution in [-0.4, -0.2) is 24.1 Å². The zero-order valence-electron chi connectivity index (χ0n) is 11.7. The molecule has 0 atom stereocenters. The summed E-state index contributed by atoms with van der Waals surface area (Å²) < 4.78 is 5.37. The fourth-order valence-electron chi connectivity index (χ4n) is 1.76. The van der Waals surface area contributed by atoms with Gasteiger partial charge in [-0.1, -0.05) is 45.9 Å². The number of carbonyl (C=O) groups is 1. The fraction of sp³-hybridized carbons (Fsp3) is 0.533. The standard InChI is InChI=1S/C15H23NO2/c1-12(2)10-16(11-13(3)4)15(17)18-14-8-6-5-7-9-14/h5-9,12-13H,10-11H2,1-4H3. The SMILES string of the molecule is CC(C)CN(CC(C)C)C(=O)Oc1ccccc1. The van der Waals surface area contributed by atoms with Crippen LogP contribution in [0, 0.1) is 11.8 Å². The van der Waals surface area contributed by atoms with E-state index in [4.69, 9.17) is 4.74 Å². The van der Waals surface area contributed by atoms with Gasteiger partial charge in [-0.15, -0.1) is 0 Å². The number of hydrogen-bond acceptors (Lipinski definition) is 2. The van der Waals surface area contributed by atoms with E-state index in [9.17, 15) is 4.79 Å². The minimum absolute atomic E-state index is 0.261. The molecule has 3 nitrogen and oxygen atoms in total. The maximum Gasteiger partial charge on any atom is 0.415 e. The number of para-hydroxylation sites is 1. The van der Waals surface area contributed by atoms with Crippen molar-refractivity contribution in [2.45, 2.75) is 27.7 Å². The molecule has 0 radical (unpaired) electrons. The van der Waals surface area contributed by atoms with Crippen molar-refractivity contribution in [3.8, 4) is 5.75 Å². The first-order valence-corrected chi connectivity index (χ1v) is 6.51. The average molecular weight is 249 g/mol. The highest BCUT2D eigenvalue weighted by Crippen LogP contribution is 2.12. The molecule has 0 bridgehead atoms. The number of hydrogen-bond donors (Lipinski definition) is 0. The molecule has 1 amide bonds. The normalized spacial score (nSPS) is 10.8. The van der Waals surface area contributed by atoms with Crippen molar-refractivity contribution in [2.24, 2.45) is 11.8 Å². The van der Waals surface area contributed by atoms with Crippen LogP contribution in [0.4, 0.5) is 4.79 Å². The molecule has 1 aromatic carbocycles. The molecule has 0 aliphatic heterocycles. The van der Waals surface area contributed by atoms with E-state index in [1.165, 1.54) is 0 Å². The third-order valence-electron chi connectivity index (χ3n) is 2.38. The molecule has 3 heteroatoms. The van der Waals surface area contributed by atoms with Crippen LogP contribution in [0.2, 0.25) is 0 Å². The van der Waals surface area contributed by atoms with Gasteiger partial charge in [-0.25, -0.2) is 4.79 Å². The van der Waals surface area contributed by atoms with Gasteiger partial charge in [0.2, 0.25) is 0 Å². The summed E-state index contributed by atoms with van der Waals surface area (Å²) in [4.78, 5) is 13.9. The van der Waals surface area contributed by atoms with Crippen molar-refractivity contribution in [3.63, 3.8) is 0 Å². The van der Waals surface area contributed by atoms with E-state index in [0.29, 0.717) is 17.6 Å². The lowest BCUT2D eigenvalue weighted by molar-refractivity contribution is 0.140. The second-order valence-electron chi connectivity index (χ2n) is 5.37. The van der Waals surface area contributed by atoms with E-state index in [2.05, 4.69) is 27.7 Å². The Kier molecular flexibility index (Phi) is 5.69. The van der Waals surface area contributed by atoms with Crippen molar-refractivity contribution in [1.82, 2.24) is 4.90 Å². The highest BCUT2D eigenvalue weighted by Gasteiger charge is 2.18. The molecule has 0 spiro atoms. The molecule has 18 heavy (non-hydrogen) atoms. The van der Waals surface area contributed by atoms with Crippen molar-refractivity contribution in [1.29, 1.82) is 0 Å². The molecule has 0 fully saturated rings. The smallest absolute Gasteiger partial charge is 0.410 e. The van der Waals surface area contributed by atoms with Gasteiger partial charge >= 0.3 is 6.09 Å². The van der Waals surface area contributed by atoms with E-state index in [0.717, 1.165) is 13.1 Å². The summed E-state index contributed by atoms with van der Waals surface area (Å²) in [7, 11) is 0. The lowest BCUT2D eigenvalue weighted by Crippen LogP contribution is -2.38. The maximum atomic E-state index is 12.1. The van der Waals surface area contributed by atoms with Gasteiger partial charge in [-0.05, 0) is 24.0 Å². The number of ether oxygens (including phenoxy) is 1. The van der Waals surface area contributed by atoms with Crippen LogP contribution in [0.3, 0.4) is 0 Å². The first-order chi connectivity index (χ1) is 8.49. The zero-order chi connectivity index (χ0) is 13.5. The van der Waals surface area contributed by atoms with E-state index in [1.54, 1.807) is 17.0 Å². The lowest BCUT2D eigenvalue weighted by Gasteiger charge is -2.25. The molecular weight excluding hydrogens is 226 g/mol. The number of amides is 1. The average Bonchev–Trinajstić information content (AvgIpc) is 2.28.